The summed E-state index contributed by atoms with van der Waals surface area (Å²) in [5, 5.41) is 11.3. The van der Waals surface area contributed by atoms with Gasteiger partial charge in [-0.15, -0.1) is 0 Å². The highest BCUT2D eigenvalue weighted by molar-refractivity contribution is 5.87. The molecule has 0 aliphatic heterocycles. The number of nitrogens with zero attached hydrogens (tertiary/aromatic N) is 2. The number of benzene rings is 2. The smallest absolute Gasteiger partial charge is 0.354 e. The molecule has 5 heteroatoms. The van der Waals surface area contributed by atoms with Crippen LogP contribution in [0.2, 0.25) is 0 Å². The number of carboxylic acids is 1. The summed E-state index contributed by atoms with van der Waals surface area (Å²) >= 11 is 0. The van der Waals surface area contributed by atoms with Gasteiger partial charge in [0.15, 0.2) is 5.69 Å². The Morgan fingerprint density at radius 3 is 2.61 bits per heavy atom. The van der Waals surface area contributed by atoms with E-state index in [4.69, 9.17) is 9.84 Å². The van der Waals surface area contributed by atoms with Crippen molar-refractivity contribution in [2.24, 2.45) is 0 Å². The molecule has 0 aliphatic rings. The van der Waals surface area contributed by atoms with Crippen molar-refractivity contribution in [3.05, 3.63) is 65.2 Å². The zero-order valence-corrected chi connectivity index (χ0v) is 12.9. The largest absolute Gasteiger partial charge is 0.497 e. The lowest BCUT2D eigenvalue weighted by Crippen LogP contribution is -2.08. The minimum absolute atomic E-state index is 0.0560. The third-order valence-electron chi connectivity index (χ3n) is 3.87. The molecule has 0 saturated carbocycles. The molecule has 0 aliphatic carbocycles. The first kappa shape index (κ1) is 15.0. The summed E-state index contributed by atoms with van der Waals surface area (Å²) in [4.78, 5) is 19.2. The number of aromatic nitrogens is 2. The first-order valence-corrected chi connectivity index (χ1v) is 7.19. The number of carbonyl (C=O) groups is 1. The van der Waals surface area contributed by atoms with Crippen molar-refractivity contribution in [3.8, 4) is 5.75 Å². The molecule has 0 fully saturated rings. The monoisotopic (exact) mass is 308 g/mol. The summed E-state index contributed by atoms with van der Waals surface area (Å²) in [6, 6.07) is 12.0. The Labute approximate surface area is 133 Å². The number of hydrogen-bond acceptors (Lipinski definition) is 4. The van der Waals surface area contributed by atoms with Crippen molar-refractivity contribution in [2.45, 2.75) is 13.3 Å². The van der Waals surface area contributed by atoms with Crippen LogP contribution in [0.5, 0.6) is 5.75 Å². The molecule has 1 aromatic heterocycles. The Balaban J connectivity index is 1.96. The van der Waals surface area contributed by atoms with Gasteiger partial charge in [-0.05, 0) is 35.4 Å². The van der Waals surface area contributed by atoms with Crippen LogP contribution in [-0.2, 0) is 6.42 Å². The van der Waals surface area contributed by atoms with Crippen molar-refractivity contribution >= 4 is 16.7 Å². The van der Waals surface area contributed by atoms with Crippen LogP contribution in [0.15, 0.2) is 42.7 Å². The summed E-state index contributed by atoms with van der Waals surface area (Å²) in [5.74, 6) is -0.209. The van der Waals surface area contributed by atoms with Crippen LogP contribution in [0, 0.1) is 6.92 Å². The summed E-state index contributed by atoms with van der Waals surface area (Å²) in [5.41, 5.74) is 2.46. The Morgan fingerprint density at radius 2 is 1.87 bits per heavy atom. The first-order chi connectivity index (χ1) is 11.1. The molecule has 3 aromatic rings. The van der Waals surface area contributed by atoms with Crippen molar-refractivity contribution in [3.63, 3.8) is 0 Å². The molecular weight excluding hydrogens is 292 g/mol. The second-order valence-electron chi connectivity index (χ2n) is 5.32. The van der Waals surface area contributed by atoms with Gasteiger partial charge < -0.3 is 9.84 Å². The molecule has 1 N–H and O–H groups in total. The van der Waals surface area contributed by atoms with Gasteiger partial charge in [-0.2, -0.15) is 0 Å². The Bertz CT molecular complexity index is 891. The molecule has 0 bridgehead atoms. The van der Waals surface area contributed by atoms with Gasteiger partial charge in [-0.1, -0.05) is 24.3 Å². The molecule has 23 heavy (non-hydrogen) atoms. The highest BCUT2D eigenvalue weighted by Gasteiger charge is 2.13. The maximum atomic E-state index is 11.2. The lowest BCUT2D eigenvalue weighted by atomic mass is 10.0. The highest BCUT2D eigenvalue weighted by Crippen LogP contribution is 2.23. The molecule has 0 saturated heterocycles. The Kier molecular flexibility index (Phi) is 3.93. The molecule has 0 amide bonds. The van der Waals surface area contributed by atoms with Gasteiger partial charge in [0.05, 0.1) is 12.8 Å². The van der Waals surface area contributed by atoms with E-state index < -0.39 is 5.97 Å². The number of carboxylic acid groups (broad SMARTS) is 1. The normalized spacial score (nSPS) is 10.7. The predicted octanol–water partition coefficient (Wildman–Crippen LogP) is 3.24. The minimum atomic E-state index is -1.03. The zero-order chi connectivity index (χ0) is 16.4. The molecule has 116 valence electrons. The van der Waals surface area contributed by atoms with Crippen LogP contribution in [-0.4, -0.2) is 28.2 Å². The van der Waals surface area contributed by atoms with E-state index in [0.717, 1.165) is 27.8 Å². The van der Waals surface area contributed by atoms with Gasteiger partial charge in [0.2, 0.25) is 0 Å². The molecule has 2 aromatic carbocycles. The molecule has 5 nitrogen and oxygen atoms in total. The van der Waals surface area contributed by atoms with Crippen LogP contribution >= 0.6 is 0 Å². The molecule has 3 rings (SSSR count). The predicted molar refractivity (Wildman–Crippen MR) is 87.0 cm³/mol. The number of rotatable bonds is 4. The molecule has 0 atom stereocenters. The second kappa shape index (κ2) is 6.04. The fourth-order valence-corrected chi connectivity index (χ4v) is 2.58. The van der Waals surface area contributed by atoms with Gasteiger partial charge in [0.25, 0.3) is 0 Å². The molecule has 0 unspecified atom stereocenters. The number of ether oxygens (including phenoxy) is 1. The Morgan fingerprint density at radius 1 is 1.13 bits per heavy atom. The summed E-state index contributed by atoms with van der Waals surface area (Å²) < 4.78 is 5.23. The standard InChI is InChI=1S/C18H16N2O3/c1-11-16(19-10-20-17(11)18(21)22)8-12-3-4-14-9-15(23-2)6-5-13(14)7-12/h3-7,9-10H,8H2,1-2H3,(H,21,22). The van der Waals surface area contributed by atoms with Gasteiger partial charge >= 0.3 is 5.97 Å². The number of fused-ring (bicyclic) bond motifs is 1. The van der Waals surface area contributed by atoms with Crippen LogP contribution in [0.25, 0.3) is 10.8 Å². The van der Waals surface area contributed by atoms with E-state index in [2.05, 4.69) is 16.0 Å². The van der Waals surface area contributed by atoms with E-state index in [-0.39, 0.29) is 5.69 Å². The number of methoxy groups -OCH3 is 1. The number of aromatic carboxylic acids is 1. The maximum Gasteiger partial charge on any atom is 0.354 e. The fraction of sp³-hybridized carbons (Fsp3) is 0.167. The van der Waals surface area contributed by atoms with Crippen LogP contribution in [0.4, 0.5) is 0 Å². The average molecular weight is 308 g/mol. The van der Waals surface area contributed by atoms with E-state index >= 15 is 0 Å². The second-order valence-corrected chi connectivity index (χ2v) is 5.32. The van der Waals surface area contributed by atoms with Gasteiger partial charge in [-0.3, -0.25) is 0 Å². The average Bonchev–Trinajstić information content (AvgIpc) is 2.56. The summed E-state index contributed by atoms with van der Waals surface area (Å²) in [7, 11) is 1.65. The number of hydrogen-bond donors (Lipinski definition) is 1. The van der Waals surface area contributed by atoms with E-state index in [1.165, 1.54) is 6.33 Å². The van der Waals surface area contributed by atoms with Crippen LogP contribution < -0.4 is 4.74 Å². The van der Waals surface area contributed by atoms with E-state index in [0.29, 0.717) is 12.0 Å². The van der Waals surface area contributed by atoms with Gasteiger partial charge in [0.1, 0.15) is 12.1 Å². The van der Waals surface area contributed by atoms with Gasteiger partial charge in [-0.25, -0.2) is 14.8 Å². The van der Waals surface area contributed by atoms with Crippen LogP contribution in [0.1, 0.15) is 27.3 Å². The molecular formula is C18H16N2O3. The molecule has 1 heterocycles. The lowest BCUT2D eigenvalue weighted by molar-refractivity contribution is 0.0689. The summed E-state index contributed by atoms with van der Waals surface area (Å²) in [6.07, 6.45) is 1.87. The van der Waals surface area contributed by atoms with Crippen LogP contribution in [0.3, 0.4) is 0 Å². The SMILES string of the molecule is COc1ccc2cc(Cc3ncnc(C(=O)O)c3C)ccc2c1. The van der Waals surface area contributed by atoms with Crippen molar-refractivity contribution in [1.82, 2.24) is 9.97 Å². The lowest BCUT2D eigenvalue weighted by Gasteiger charge is -2.08. The quantitative estimate of drug-likeness (QED) is 0.801. The topological polar surface area (TPSA) is 72.3 Å². The zero-order valence-electron chi connectivity index (χ0n) is 12.9. The Hall–Kier alpha value is -2.95. The molecule has 0 spiro atoms. The summed E-state index contributed by atoms with van der Waals surface area (Å²) in [6.45, 7) is 1.74. The first-order valence-electron chi connectivity index (χ1n) is 7.19. The van der Waals surface area contributed by atoms with Gasteiger partial charge in [0, 0.05) is 12.0 Å². The van der Waals surface area contributed by atoms with E-state index in [1.807, 2.05) is 30.3 Å². The van der Waals surface area contributed by atoms with E-state index in [1.54, 1.807) is 14.0 Å². The maximum absolute atomic E-state index is 11.2. The van der Waals surface area contributed by atoms with Crippen molar-refractivity contribution in [2.75, 3.05) is 7.11 Å². The highest BCUT2D eigenvalue weighted by atomic mass is 16.5. The minimum Gasteiger partial charge on any atom is -0.497 e. The third kappa shape index (κ3) is 2.99. The van der Waals surface area contributed by atoms with Crippen molar-refractivity contribution < 1.29 is 14.6 Å². The van der Waals surface area contributed by atoms with Crippen molar-refractivity contribution in [1.29, 1.82) is 0 Å². The molecule has 0 radical (unpaired) electrons. The third-order valence-corrected chi connectivity index (χ3v) is 3.87. The fourth-order valence-electron chi connectivity index (χ4n) is 2.58. The van der Waals surface area contributed by atoms with E-state index in [9.17, 15) is 4.79 Å².